The number of phenolic OH excluding ortho intramolecular Hbond substituents is 1. The number of carbonyl (C=O) groups excluding carboxylic acids is 1. The molecule has 116 valence electrons. The minimum Gasteiger partial charge on any atom is -0.504 e. The molecule has 0 aliphatic rings. The van der Waals surface area contributed by atoms with Crippen LogP contribution < -0.4 is 10.1 Å². The summed E-state index contributed by atoms with van der Waals surface area (Å²) in [4.78, 5) is 16.1. The molecule has 0 spiro atoms. The number of nitrogens with one attached hydrogen (secondary N) is 1. The maximum atomic E-state index is 12.0. The zero-order chi connectivity index (χ0) is 16.2. The molecular formula is C17H14N2O4. The first-order valence-electron chi connectivity index (χ1n) is 6.85. The quantitative estimate of drug-likeness (QED) is 0.723. The van der Waals surface area contributed by atoms with Gasteiger partial charge < -0.3 is 19.6 Å². The van der Waals surface area contributed by atoms with Crippen molar-refractivity contribution in [2.24, 2.45) is 0 Å². The molecule has 1 heterocycles. The zero-order valence-electron chi connectivity index (χ0n) is 12.3. The third-order valence-corrected chi connectivity index (χ3v) is 3.25. The number of aromatic nitrogens is 1. The van der Waals surface area contributed by atoms with Crippen LogP contribution in [0.25, 0.3) is 17.2 Å². The molecule has 3 aromatic rings. The molecule has 0 radical (unpaired) electrons. The number of ether oxygens (including phenoxy) is 1. The van der Waals surface area contributed by atoms with Gasteiger partial charge in [0, 0.05) is 6.08 Å². The van der Waals surface area contributed by atoms with Gasteiger partial charge in [0.05, 0.1) is 12.8 Å². The van der Waals surface area contributed by atoms with E-state index in [4.69, 9.17) is 9.15 Å². The van der Waals surface area contributed by atoms with Gasteiger partial charge in [-0.1, -0.05) is 12.1 Å². The van der Waals surface area contributed by atoms with Gasteiger partial charge in [0.1, 0.15) is 5.52 Å². The molecule has 1 amide bonds. The normalized spacial score (nSPS) is 11.0. The number of hydrogen-bond acceptors (Lipinski definition) is 5. The summed E-state index contributed by atoms with van der Waals surface area (Å²) in [6.07, 6.45) is 4.30. The number of anilines is 1. The highest BCUT2D eigenvalue weighted by molar-refractivity contribution is 6.05. The SMILES string of the molecule is COc1ccc(C=CC(=O)Nc2cccc3ocnc23)cc1O. The Morgan fingerprint density at radius 3 is 3.00 bits per heavy atom. The van der Waals surface area contributed by atoms with Gasteiger partial charge in [-0.25, -0.2) is 4.98 Å². The lowest BCUT2D eigenvalue weighted by molar-refractivity contribution is -0.111. The molecule has 0 atom stereocenters. The molecule has 2 N–H and O–H groups in total. The highest BCUT2D eigenvalue weighted by atomic mass is 16.5. The van der Waals surface area contributed by atoms with Crippen molar-refractivity contribution in [3.05, 3.63) is 54.4 Å². The van der Waals surface area contributed by atoms with Gasteiger partial charge in [-0.15, -0.1) is 0 Å². The van der Waals surface area contributed by atoms with Gasteiger partial charge in [0.2, 0.25) is 5.91 Å². The minimum absolute atomic E-state index is 0.0161. The first kappa shape index (κ1) is 14.6. The third kappa shape index (κ3) is 3.16. The molecule has 0 aliphatic carbocycles. The van der Waals surface area contributed by atoms with Crippen LogP contribution in [0.2, 0.25) is 0 Å². The zero-order valence-corrected chi connectivity index (χ0v) is 12.3. The second-order valence-electron chi connectivity index (χ2n) is 4.76. The largest absolute Gasteiger partial charge is 0.504 e. The van der Waals surface area contributed by atoms with Gasteiger partial charge >= 0.3 is 0 Å². The average Bonchev–Trinajstić information content (AvgIpc) is 3.03. The van der Waals surface area contributed by atoms with E-state index in [0.717, 1.165) is 0 Å². The minimum atomic E-state index is -0.309. The fourth-order valence-electron chi connectivity index (χ4n) is 2.14. The van der Waals surface area contributed by atoms with Crippen LogP contribution in [-0.2, 0) is 4.79 Å². The Hall–Kier alpha value is -3.28. The molecule has 6 nitrogen and oxygen atoms in total. The van der Waals surface area contributed by atoms with Crippen molar-refractivity contribution in [2.75, 3.05) is 12.4 Å². The second-order valence-corrected chi connectivity index (χ2v) is 4.76. The van der Waals surface area contributed by atoms with E-state index in [2.05, 4.69) is 10.3 Å². The van der Waals surface area contributed by atoms with E-state index in [-0.39, 0.29) is 11.7 Å². The van der Waals surface area contributed by atoms with Crippen molar-refractivity contribution in [1.29, 1.82) is 0 Å². The maximum Gasteiger partial charge on any atom is 0.248 e. The summed E-state index contributed by atoms with van der Waals surface area (Å²) in [5.41, 5.74) is 2.45. The Kier molecular flexibility index (Phi) is 3.97. The van der Waals surface area contributed by atoms with Crippen molar-refractivity contribution < 1.29 is 19.1 Å². The molecule has 0 saturated carbocycles. The number of rotatable bonds is 4. The lowest BCUT2D eigenvalue weighted by atomic mass is 10.2. The number of methoxy groups -OCH3 is 1. The average molecular weight is 310 g/mol. The van der Waals surface area contributed by atoms with Crippen LogP contribution in [0.15, 0.2) is 53.3 Å². The summed E-state index contributed by atoms with van der Waals surface area (Å²) >= 11 is 0. The summed E-state index contributed by atoms with van der Waals surface area (Å²) in [5, 5.41) is 12.5. The van der Waals surface area contributed by atoms with Crippen molar-refractivity contribution in [3.63, 3.8) is 0 Å². The van der Waals surface area contributed by atoms with Crippen molar-refractivity contribution >= 4 is 28.8 Å². The Labute approximate surface area is 132 Å². The van der Waals surface area contributed by atoms with E-state index in [0.29, 0.717) is 28.1 Å². The lowest BCUT2D eigenvalue weighted by Gasteiger charge is -2.04. The fourth-order valence-corrected chi connectivity index (χ4v) is 2.14. The van der Waals surface area contributed by atoms with E-state index in [9.17, 15) is 9.90 Å². The molecule has 0 unspecified atom stereocenters. The monoisotopic (exact) mass is 310 g/mol. The number of phenols is 1. The van der Waals surface area contributed by atoms with Crippen LogP contribution in [0.5, 0.6) is 11.5 Å². The second kappa shape index (κ2) is 6.23. The summed E-state index contributed by atoms with van der Waals surface area (Å²) < 4.78 is 10.2. The van der Waals surface area contributed by atoms with Gasteiger partial charge in [-0.3, -0.25) is 4.79 Å². The number of nitrogens with zero attached hydrogens (tertiary/aromatic N) is 1. The molecule has 0 fully saturated rings. The van der Waals surface area contributed by atoms with Crippen LogP contribution in [0.3, 0.4) is 0 Å². The van der Waals surface area contributed by atoms with Crippen molar-refractivity contribution in [2.45, 2.75) is 0 Å². The van der Waals surface area contributed by atoms with E-state index in [1.807, 2.05) is 0 Å². The number of hydrogen-bond donors (Lipinski definition) is 2. The van der Waals surface area contributed by atoms with Gasteiger partial charge in [0.15, 0.2) is 23.5 Å². The summed E-state index contributed by atoms with van der Waals surface area (Å²) in [6.45, 7) is 0. The molecule has 6 heteroatoms. The topological polar surface area (TPSA) is 84.6 Å². The number of fused-ring (bicyclic) bond motifs is 1. The van der Waals surface area contributed by atoms with Gasteiger partial charge in [0.25, 0.3) is 0 Å². The summed E-state index contributed by atoms with van der Waals surface area (Å²) in [6, 6.07) is 10.2. The predicted octanol–water partition coefficient (Wildman–Crippen LogP) is 3.19. The van der Waals surface area contributed by atoms with Crippen LogP contribution in [-0.4, -0.2) is 23.1 Å². The highest BCUT2D eigenvalue weighted by Gasteiger charge is 2.07. The first-order valence-corrected chi connectivity index (χ1v) is 6.85. The summed E-state index contributed by atoms with van der Waals surface area (Å²) in [7, 11) is 1.47. The summed E-state index contributed by atoms with van der Waals surface area (Å²) in [5.74, 6) is 0.0857. The van der Waals surface area contributed by atoms with Crippen LogP contribution in [0, 0.1) is 0 Å². The van der Waals surface area contributed by atoms with E-state index >= 15 is 0 Å². The Balaban J connectivity index is 1.74. The number of carbonyl (C=O) groups is 1. The molecule has 3 rings (SSSR count). The fraction of sp³-hybridized carbons (Fsp3) is 0.0588. The molecular weight excluding hydrogens is 296 g/mol. The van der Waals surface area contributed by atoms with Gasteiger partial charge in [-0.2, -0.15) is 0 Å². The first-order chi connectivity index (χ1) is 11.2. The predicted molar refractivity (Wildman–Crippen MR) is 86.3 cm³/mol. The molecule has 0 aliphatic heterocycles. The Bertz CT molecular complexity index is 883. The molecule has 1 aromatic heterocycles. The standard InChI is InChI=1S/C17H14N2O4/c1-22-14-7-5-11(9-13(14)20)6-8-16(21)19-12-3-2-4-15-17(12)18-10-23-15/h2-10,20H,1H3,(H,19,21). The lowest BCUT2D eigenvalue weighted by Crippen LogP contribution is -2.08. The number of oxazole rings is 1. The number of amides is 1. The number of aromatic hydroxyl groups is 1. The van der Waals surface area contributed by atoms with Gasteiger partial charge in [-0.05, 0) is 35.9 Å². The van der Waals surface area contributed by atoms with Crippen LogP contribution in [0.4, 0.5) is 5.69 Å². The van der Waals surface area contributed by atoms with Crippen molar-refractivity contribution in [1.82, 2.24) is 4.98 Å². The third-order valence-electron chi connectivity index (χ3n) is 3.25. The molecule has 23 heavy (non-hydrogen) atoms. The molecule has 2 aromatic carbocycles. The van der Waals surface area contributed by atoms with Crippen LogP contribution >= 0.6 is 0 Å². The molecule has 0 bridgehead atoms. The smallest absolute Gasteiger partial charge is 0.248 e. The van der Waals surface area contributed by atoms with Crippen molar-refractivity contribution in [3.8, 4) is 11.5 Å². The van der Waals surface area contributed by atoms with E-state index in [1.54, 1.807) is 36.4 Å². The Morgan fingerprint density at radius 2 is 2.22 bits per heavy atom. The number of para-hydroxylation sites is 1. The van der Waals surface area contributed by atoms with E-state index in [1.165, 1.54) is 25.6 Å². The van der Waals surface area contributed by atoms with E-state index < -0.39 is 0 Å². The van der Waals surface area contributed by atoms with Crippen LogP contribution in [0.1, 0.15) is 5.56 Å². The number of benzene rings is 2. The maximum absolute atomic E-state index is 12.0. The Morgan fingerprint density at radius 1 is 1.35 bits per heavy atom. The molecule has 0 saturated heterocycles. The highest BCUT2D eigenvalue weighted by Crippen LogP contribution is 2.26.